The molecule has 3 amide bonds. The molecule has 0 rings (SSSR count). The van der Waals surface area contributed by atoms with Crippen LogP contribution < -0.4 is 21.7 Å². The van der Waals surface area contributed by atoms with Crippen molar-refractivity contribution in [1.29, 1.82) is 0 Å². The highest BCUT2D eigenvalue weighted by Crippen LogP contribution is 2.05. The summed E-state index contributed by atoms with van der Waals surface area (Å²) in [5.74, 6) is -3.31. The SMILES string of the molecule is CC[C@H](C)[C@H](N)C(=O)N[C@@H](C)C(=O)NCC(=O)N[C@H](C(=O)O)[C@@H](C)O. The van der Waals surface area contributed by atoms with Crippen molar-refractivity contribution >= 4 is 23.7 Å². The van der Waals surface area contributed by atoms with E-state index in [-0.39, 0.29) is 5.92 Å². The van der Waals surface area contributed by atoms with Crippen molar-refractivity contribution in [3.05, 3.63) is 0 Å². The van der Waals surface area contributed by atoms with E-state index >= 15 is 0 Å². The quantitative estimate of drug-likeness (QED) is 0.260. The fourth-order valence-corrected chi connectivity index (χ4v) is 1.82. The Bertz CT molecular complexity index is 496. The first-order valence-electron chi connectivity index (χ1n) is 8.05. The lowest BCUT2D eigenvalue weighted by atomic mass is 9.99. The number of carboxylic acid groups (broad SMARTS) is 1. The smallest absolute Gasteiger partial charge is 0.328 e. The summed E-state index contributed by atoms with van der Waals surface area (Å²) in [7, 11) is 0. The lowest BCUT2D eigenvalue weighted by Crippen LogP contribution is -2.54. The van der Waals surface area contributed by atoms with Crippen molar-refractivity contribution in [2.24, 2.45) is 11.7 Å². The van der Waals surface area contributed by atoms with Crippen molar-refractivity contribution in [3.63, 3.8) is 0 Å². The van der Waals surface area contributed by atoms with E-state index < -0.39 is 54.5 Å². The van der Waals surface area contributed by atoms with E-state index in [0.717, 1.165) is 0 Å². The molecule has 7 N–H and O–H groups in total. The number of aliphatic hydroxyl groups excluding tert-OH is 1. The second kappa shape index (κ2) is 10.6. The maximum absolute atomic E-state index is 11.9. The van der Waals surface area contributed by atoms with E-state index in [0.29, 0.717) is 6.42 Å². The molecule has 25 heavy (non-hydrogen) atoms. The van der Waals surface area contributed by atoms with Gasteiger partial charge in [-0.05, 0) is 19.8 Å². The molecular weight excluding hydrogens is 332 g/mol. The van der Waals surface area contributed by atoms with Gasteiger partial charge in [0, 0.05) is 0 Å². The van der Waals surface area contributed by atoms with E-state index in [2.05, 4.69) is 16.0 Å². The lowest BCUT2D eigenvalue weighted by molar-refractivity contribution is -0.144. The first kappa shape index (κ1) is 22.8. The highest BCUT2D eigenvalue weighted by atomic mass is 16.4. The maximum atomic E-state index is 11.9. The predicted molar refractivity (Wildman–Crippen MR) is 89.3 cm³/mol. The summed E-state index contributed by atoms with van der Waals surface area (Å²) in [5.41, 5.74) is 5.77. The summed E-state index contributed by atoms with van der Waals surface area (Å²) in [5, 5.41) is 24.9. The number of carbonyl (C=O) groups excluding carboxylic acids is 3. The number of nitrogens with two attached hydrogens (primary N) is 1. The Balaban J connectivity index is 4.43. The third kappa shape index (κ3) is 7.94. The zero-order chi connectivity index (χ0) is 19.7. The highest BCUT2D eigenvalue weighted by molar-refractivity contribution is 5.92. The van der Waals surface area contributed by atoms with E-state index in [9.17, 15) is 24.3 Å². The molecule has 0 saturated carbocycles. The van der Waals surface area contributed by atoms with E-state index in [1.54, 1.807) is 0 Å². The maximum Gasteiger partial charge on any atom is 0.328 e. The molecule has 0 aliphatic rings. The van der Waals surface area contributed by atoms with Crippen LogP contribution in [0.25, 0.3) is 0 Å². The van der Waals surface area contributed by atoms with E-state index in [1.165, 1.54) is 13.8 Å². The summed E-state index contributed by atoms with van der Waals surface area (Å²) in [4.78, 5) is 46.3. The highest BCUT2D eigenvalue weighted by Gasteiger charge is 2.26. The molecule has 0 aromatic heterocycles. The zero-order valence-corrected chi connectivity index (χ0v) is 14.9. The largest absolute Gasteiger partial charge is 0.480 e. The number of hydrogen-bond acceptors (Lipinski definition) is 6. The second-order valence-electron chi connectivity index (χ2n) is 5.98. The monoisotopic (exact) mass is 360 g/mol. The first-order chi connectivity index (χ1) is 11.5. The van der Waals surface area contributed by atoms with Crippen LogP contribution in [-0.2, 0) is 19.2 Å². The summed E-state index contributed by atoms with van der Waals surface area (Å²) in [6.07, 6.45) is -0.582. The molecule has 0 spiro atoms. The van der Waals surface area contributed by atoms with Gasteiger partial charge in [-0.3, -0.25) is 14.4 Å². The molecule has 0 saturated heterocycles. The van der Waals surface area contributed by atoms with Crippen LogP contribution in [0.3, 0.4) is 0 Å². The van der Waals surface area contributed by atoms with Crippen LogP contribution in [0.2, 0.25) is 0 Å². The fourth-order valence-electron chi connectivity index (χ4n) is 1.82. The average molecular weight is 360 g/mol. The summed E-state index contributed by atoms with van der Waals surface area (Å²) >= 11 is 0. The van der Waals surface area contributed by atoms with Crippen LogP contribution >= 0.6 is 0 Å². The van der Waals surface area contributed by atoms with Crippen LogP contribution in [0.5, 0.6) is 0 Å². The van der Waals surface area contributed by atoms with Crippen molar-refractivity contribution in [1.82, 2.24) is 16.0 Å². The molecule has 10 heteroatoms. The normalized spacial score (nSPS) is 16.7. The van der Waals surface area contributed by atoms with Crippen molar-refractivity contribution in [2.45, 2.75) is 58.3 Å². The Morgan fingerprint density at radius 2 is 1.60 bits per heavy atom. The number of aliphatic hydroxyl groups is 1. The molecule has 0 aromatic rings. The minimum absolute atomic E-state index is 0.0468. The van der Waals surface area contributed by atoms with Crippen LogP contribution in [0.15, 0.2) is 0 Å². The van der Waals surface area contributed by atoms with Gasteiger partial charge in [-0.15, -0.1) is 0 Å². The van der Waals surface area contributed by atoms with Gasteiger partial charge in [0.15, 0.2) is 6.04 Å². The Morgan fingerprint density at radius 3 is 2.04 bits per heavy atom. The third-order valence-corrected chi connectivity index (χ3v) is 3.80. The van der Waals surface area contributed by atoms with Crippen molar-refractivity contribution in [2.75, 3.05) is 6.54 Å². The van der Waals surface area contributed by atoms with E-state index in [1.807, 2.05) is 13.8 Å². The Kier molecular flexibility index (Phi) is 9.69. The summed E-state index contributed by atoms with van der Waals surface area (Å²) < 4.78 is 0. The molecule has 0 unspecified atom stereocenters. The minimum Gasteiger partial charge on any atom is -0.480 e. The Hall–Kier alpha value is -2.20. The van der Waals surface area contributed by atoms with Gasteiger partial charge < -0.3 is 31.9 Å². The molecule has 10 nitrogen and oxygen atoms in total. The van der Waals surface area contributed by atoms with Gasteiger partial charge in [-0.1, -0.05) is 20.3 Å². The Morgan fingerprint density at radius 1 is 1.04 bits per heavy atom. The molecule has 144 valence electrons. The number of amides is 3. The number of aliphatic carboxylic acids is 1. The number of rotatable bonds is 10. The third-order valence-electron chi connectivity index (χ3n) is 3.80. The molecular formula is C15H28N4O6. The van der Waals surface area contributed by atoms with Crippen LogP contribution in [0, 0.1) is 5.92 Å². The van der Waals surface area contributed by atoms with Crippen LogP contribution in [0.1, 0.15) is 34.1 Å². The van der Waals surface area contributed by atoms with Gasteiger partial charge in [-0.2, -0.15) is 0 Å². The van der Waals surface area contributed by atoms with Gasteiger partial charge in [0.2, 0.25) is 17.7 Å². The number of carbonyl (C=O) groups is 4. The van der Waals surface area contributed by atoms with Crippen molar-refractivity contribution < 1.29 is 29.4 Å². The van der Waals surface area contributed by atoms with Crippen LogP contribution in [-0.4, -0.2) is 64.7 Å². The van der Waals surface area contributed by atoms with Crippen molar-refractivity contribution in [3.8, 4) is 0 Å². The first-order valence-corrected chi connectivity index (χ1v) is 8.05. The molecule has 0 radical (unpaired) electrons. The molecule has 0 bridgehead atoms. The topological polar surface area (TPSA) is 171 Å². The molecule has 0 fully saturated rings. The summed E-state index contributed by atoms with van der Waals surface area (Å²) in [6.45, 7) is 5.87. The second-order valence-corrected chi connectivity index (χ2v) is 5.98. The molecule has 0 aliphatic heterocycles. The minimum atomic E-state index is -1.48. The molecule has 0 aliphatic carbocycles. The molecule has 0 aromatic carbocycles. The number of hydrogen-bond donors (Lipinski definition) is 6. The Labute approximate surface area is 146 Å². The van der Waals surface area contributed by atoms with Gasteiger partial charge >= 0.3 is 5.97 Å². The number of carboxylic acids is 1. The lowest BCUT2D eigenvalue weighted by Gasteiger charge is -2.21. The fraction of sp³-hybridized carbons (Fsp3) is 0.733. The average Bonchev–Trinajstić information content (AvgIpc) is 2.54. The van der Waals surface area contributed by atoms with Gasteiger partial charge in [0.05, 0.1) is 18.7 Å². The zero-order valence-electron chi connectivity index (χ0n) is 14.9. The molecule has 0 heterocycles. The van der Waals surface area contributed by atoms with E-state index in [4.69, 9.17) is 10.8 Å². The predicted octanol–water partition coefficient (Wildman–Crippen LogP) is -2.07. The van der Waals surface area contributed by atoms with Gasteiger partial charge in [0.25, 0.3) is 0 Å². The van der Waals surface area contributed by atoms with Gasteiger partial charge in [0.1, 0.15) is 6.04 Å². The molecule has 5 atom stereocenters. The van der Waals surface area contributed by atoms with Crippen LogP contribution in [0.4, 0.5) is 0 Å². The standard InChI is InChI=1S/C15H28N4O6/c1-5-7(2)11(16)14(23)18-8(3)13(22)17-6-10(21)19-12(9(4)20)15(24)25/h7-9,11-12,20H,5-6,16H2,1-4H3,(H,17,22)(H,18,23)(H,19,21)(H,24,25)/t7-,8-,9+,11-,12-/m0/s1. The summed E-state index contributed by atoms with van der Waals surface area (Å²) in [6, 6.07) is -3.14. The number of nitrogens with one attached hydrogen (secondary N) is 3. The van der Waals surface area contributed by atoms with Gasteiger partial charge in [-0.25, -0.2) is 4.79 Å².